The monoisotopic (exact) mass is 408 g/mol. The highest BCUT2D eigenvalue weighted by molar-refractivity contribution is 6.30. The Kier molecular flexibility index (Phi) is 6.08. The molecular formula is C18H19ClF2N6O. The molecule has 0 fully saturated rings. The SMILES string of the molecule is CN(C)CCNc1nc2c(F)c(F)cc(C(=Nc3cccc(Cl)c3)NO)c2[nH]1. The molecule has 0 unspecified atom stereocenters. The average Bonchev–Trinajstić information content (AvgIpc) is 3.07. The van der Waals surface area contributed by atoms with Crippen LogP contribution < -0.4 is 10.8 Å². The van der Waals surface area contributed by atoms with E-state index in [4.69, 9.17) is 11.6 Å². The summed E-state index contributed by atoms with van der Waals surface area (Å²) in [5, 5.41) is 13.0. The second kappa shape index (κ2) is 8.51. The lowest BCUT2D eigenvalue weighted by Crippen LogP contribution is -2.21. The van der Waals surface area contributed by atoms with Gasteiger partial charge in [0, 0.05) is 23.7 Å². The van der Waals surface area contributed by atoms with Crippen molar-refractivity contribution in [2.75, 3.05) is 32.5 Å². The van der Waals surface area contributed by atoms with Crippen molar-refractivity contribution in [3.8, 4) is 0 Å². The summed E-state index contributed by atoms with van der Waals surface area (Å²) in [5.74, 6) is -2.00. The molecule has 0 aliphatic carbocycles. The van der Waals surface area contributed by atoms with Gasteiger partial charge in [-0.25, -0.2) is 18.8 Å². The number of aromatic nitrogens is 2. The average molecular weight is 409 g/mol. The molecule has 10 heteroatoms. The fraction of sp³-hybridized carbons (Fsp3) is 0.222. The Morgan fingerprint density at radius 3 is 2.79 bits per heavy atom. The maximum Gasteiger partial charge on any atom is 0.201 e. The summed E-state index contributed by atoms with van der Waals surface area (Å²) in [6.45, 7) is 1.27. The van der Waals surface area contributed by atoms with Gasteiger partial charge >= 0.3 is 0 Å². The molecule has 3 rings (SSSR count). The summed E-state index contributed by atoms with van der Waals surface area (Å²) in [7, 11) is 3.83. The number of hydrogen-bond acceptors (Lipinski definition) is 5. The Labute approximate surface area is 165 Å². The summed E-state index contributed by atoms with van der Waals surface area (Å²) >= 11 is 5.94. The fourth-order valence-corrected chi connectivity index (χ4v) is 2.78. The first kappa shape index (κ1) is 20.0. The Balaban J connectivity index is 2.06. The minimum atomic E-state index is -1.11. The van der Waals surface area contributed by atoms with Crippen molar-refractivity contribution in [1.29, 1.82) is 0 Å². The largest absolute Gasteiger partial charge is 0.355 e. The molecule has 0 atom stereocenters. The van der Waals surface area contributed by atoms with Crippen LogP contribution in [0, 0.1) is 11.6 Å². The molecule has 0 radical (unpaired) electrons. The van der Waals surface area contributed by atoms with E-state index in [1.54, 1.807) is 24.3 Å². The number of nitrogens with one attached hydrogen (secondary N) is 3. The van der Waals surface area contributed by atoms with Crippen LogP contribution in [0.25, 0.3) is 11.0 Å². The van der Waals surface area contributed by atoms with Gasteiger partial charge in [-0.15, -0.1) is 0 Å². The van der Waals surface area contributed by atoms with Gasteiger partial charge < -0.3 is 15.2 Å². The van der Waals surface area contributed by atoms with Crippen molar-refractivity contribution >= 4 is 40.1 Å². The zero-order valence-corrected chi connectivity index (χ0v) is 16.0. The molecule has 28 heavy (non-hydrogen) atoms. The molecule has 0 spiro atoms. The summed E-state index contributed by atoms with van der Waals surface area (Å²) in [6.07, 6.45) is 0. The van der Waals surface area contributed by atoms with Gasteiger partial charge in [0.25, 0.3) is 0 Å². The van der Waals surface area contributed by atoms with E-state index >= 15 is 0 Å². The van der Waals surface area contributed by atoms with Crippen molar-refractivity contribution in [1.82, 2.24) is 20.3 Å². The third kappa shape index (κ3) is 4.38. The van der Waals surface area contributed by atoms with Crippen LogP contribution in [-0.2, 0) is 0 Å². The highest BCUT2D eigenvalue weighted by Crippen LogP contribution is 2.26. The standard InChI is InChI=1S/C18H19ClF2N6O/c1-27(2)7-6-22-18-24-15-12(9-13(20)14(21)16(15)25-18)17(26-28)23-11-5-3-4-10(19)8-11/h3-5,8-9,28H,6-7H2,1-2H3,(H,23,26)(H2,22,24,25). The van der Waals surface area contributed by atoms with E-state index in [1.807, 2.05) is 24.5 Å². The second-order valence-corrected chi connectivity index (χ2v) is 6.75. The smallest absolute Gasteiger partial charge is 0.201 e. The maximum absolute atomic E-state index is 14.3. The Bertz CT molecular complexity index is 1020. The van der Waals surface area contributed by atoms with Crippen molar-refractivity contribution in [2.24, 2.45) is 4.99 Å². The number of rotatable bonds is 6. The van der Waals surface area contributed by atoms with E-state index in [9.17, 15) is 14.0 Å². The molecule has 3 aromatic rings. The molecule has 4 N–H and O–H groups in total. The number of likely N-dealkylation sites (N-methyl/N-ethyl adjacent to an activating group) is 1. The molecule has 2 aromatic carbocycles. The normalized spacial score (nSPS) is 12.0. The van der Waals surface area contributed by atoms with Crippen LogP contribution in [0.2, 0.25) is 5.02 Å². The molecule has 0 aliphatic heterocycles. The van der Waals surface area contributed by atoms with Gasteiger partial charge in [-0.1, -0.05) is 17.7 Å². The zero-order chi connectivity index (χ0) is 20.3. The quantitative estimate of drug-likeness (QED) is 0.285. The van der Waals surface area contributed by atoms with Gasteiger partial charge in [-0.3, -0.25) is 10.7 Å². The molecule has 1 heterocycles. The van der Waals surface area contributed by atoms with Crippen molar-refractivity contribution < 1.29 is 14.0 Å². The van der Waals surface area contributed by atoms with E-state index in [0.717, 1.165) is 12.6 Å². The number of halogens is 3. The predicted molar refractivity (Wildman–Crippen MR) is 106 cm³/mol. The lowest BCUT2D eigenvalue weighted by atomic mass is 10.1. The molecule has 7 nitrogen and oxygen atoms in total. The summed E-state index contributed by atoms with van der Waals surface area (Å²) in [5.41, 5.74) is 2.46. The first-order valence-corrected chi connectivity index (χ1v) is 8.78. The van der Waals surface area contributed by atoms with Crippen molar-refractivity contribution in [3.63, 3.8) is 0 Å². The van der Waals surface area contributed by atoms with Crippen molar-refractivity contribution in [3.05, 3.63) is 52.6 Å². The topological polar surface area (TPSA) is 88.6 Å². The molecule has 0 bridgehead atoms. The van der Waals surface area contributed by atoms with Gasteiger partial charge in [0.1, 0.15) is 5.52 Å². The Morgan fingerprint density at radius 2 is 2.11 bits per heavy atom. The molecule has 1 aromatic heterocycles. The number of amidine groups is 1. The predicted octanol–water partition coefficient (Wildman–Crippen LogP) is 3.53. The number of imidazole rings is 1. The van der Waals surface area contributed by atoms with E-state index < -0.39 is 11.6 Å². The molecule has 0 saturated carbocycles. The van der Waals surface area contributed by atoms with Gasteiger partial charge in [-0.2, -0.15) is 0 Å². The van der Waals surface area contributed by atoms with Crippen LogP contribution in [0.3, 0.4) is 0 Å². The Hall–Kier alpha value is -2.75. The van der Waals surface area contributed by atoms with Crippen LogP contribution in [0.15, 0.2) is 35.3 Å². The fourth-order valence-electron chi connectivity index (χ4n) is 2.59. The van der Waals surface area contributed by atoms with E-state index in [1.165, 1.54) is 0 Å². The number of hydroxylamine groups is 1. The number of H-pyrrole nitrogens is 1. The first-order valence-electron chi connectivity index (χ1n) is 8.40. The minimum absolute atomic E-state index is 0.0883. The molecule has 0 saturated heterocycles. The number of aromatic amines is 1. The van der Waals surface area contributed by atoms with Crippen LogP contribution in [0.1, 0.15) is 5.56 Å². The van der Waals surface area contributed by atoms with Gasteiger partial charge in [0.05, 0.1) is 11.2 Å². The highest BCUT2D eigenvalue weighted by atomic mass is 35.5. The summed E-state index contributed by atoms with van der Waals surface area (Å²) in [4.78, 5) is 13.2. The third-order valence-corrected chi connectivity index (χ3v) is 4.16. The zero-order valence-electron chi connectivity index (χ0n) is 15.2. The van der Waals surface area contributed by atoms with Gasteiger partial charge in [0.2, 0.25) is 5.95 Å². The number of anilines is 1. The van der Waals surface area contributed by atoms with Gasteiger partial charge in [-0.05, 0) is 38.4 Å². The maximum atomic E-state index is 14.3. The highest BCUT2D eigenvalue weighted by Gasteiger charge is 2.20. The third-order valence-electron chi connectivity index (χ3n) is 3.92. The number of hydrogen-bond donors (Lipinski definition) is 4. The number of benzene rings is 2. The lowest BCUT2D eigenvalue weighted by molar-refractivity contribution is 0.235. The van der Waals surface area contributed by atoms with Crippen LogP contribution in [0.4, 0.5) is 20.4 Å². The number of nitrogens with zero attached hydrogens (tertiary/aromatic N) is 3. The van der Waals surface area contributed by atoms with Crippen LogP contribution in [-0.4, -0.2) is 53.1 Å². The molecule has 0 aliphatic rings. The summed E-state index contributed by atoms with van der Waals surface area (Å²) < 4.78 is 28.4. The number of fused-ring (bicyclic) bond motifs is 1. The van der Waals surface area contributed by atoms with Crippen molar-refractivity contribution in [2.45, 2.75) is 0 Å². The second-order valence-electron chi connectivity index (χ2n) is 6.31. The van der Waals surface area contributed by atoms with Crippen LogP contribution >= 0.6 is 11.6 Å². The Morgan fingerprint density at radius 1 is 1.32 bits per heavy atom. The lowest BCUT2D eigenvalue weighted by Gasteiger charge is -2.09. The van der Waals surface area contributed by atoms with Gasteiger partial charge in [0.15, 0.2) is 17.5 Å². The minimum Gasteiger partial charge on any atom is -0.355 e. The van der Waals surface area contributed by atoms with E-state index in [2.05, 4.69) is 20.3 Å². The number of aliphatic imine (C=N–C) groups is 1. The molecule has 148 valence electrons. The molecular weight excluding hydrogens is 390 g/mol. The van der Waals surface area contributed by atoms with E-state index in [0.29, 0.717) is 17.3 Å². The van der Waals surface area contributed by atoms with Crippen LogP contribution in [0.5, 0.6) is 0 Å². The first-order chi connectivity index (χ1) is 13.4. The molecule has 0 amide bonds. The summed E-state index contributed by atoms with van der Waals surface area (Å²) in [6, 6.07) is 7.51. The van der Waals surface area contributed by atoms with E-state index in [-0.39, 0.29) is 28.4 Å².